The number of ether oxygens (including phenoxy) is 1. The molecule has 1 unspecified atom stereocenters. The van der Waals surface area contributed by atoms with Crippen LogP contribution in [0.2, 0.25) is 0 Å². The minimum atomic E-state index is -4.75. The van der Waals surface area contributed by atoms with Crippen LogP contribution in [-0.2, 0) is 21.4 Å². The molecule has 1 aliphatic heterocycles. The summed E-state index contributed by atoms with van der Waals surface area (Å²) < 4.78 is 112. The Bertz CT molecular complexity index is 1240. The highest BCUT2D eigenvalue weighted by molar-refractivity contribution is 7.90. The van der Waals surface area contributed by atoms with Crippen LogP contribution in [0.4, 0.5) is 26.3 Å². The lowest BCUT2D eigenvalue weighted by Crippen LogP contribution is -2.35. The number of amides is 1. The average Bonchev–Trinajstić information content (AvgIpc) is 3.07. The first-order chi connectivity index (χ1) is 15.5. The number of sulfone groups is 1. The summed E-state index contributed by atoms with van der Waals surface area (Å²) in [4.78, 5) is 14.1. The Labute approximate surface area is 189 Å². The van der Waals surface area contributed by atoms with Crippen molar-refractivity contribution in [3.63, 3.8) is 0 Å². The van der Waals surface area contributed by atoms with Gasteiger partial charge >= 0.3 is 12.4 Å². The number of halogens is 6. The van der Waals surface area contributed by atoms with Gasteiger partial charge in [0.05, 0.1) is 10.5 Å². The Morgan fingerprint density at radius 2 is 1.94 bits per heavy atom. The summed E-state index contributed by atoms with van der Waals surface area (Å²) in [7, 11) is -3.82. The summed E-state index contributed by atoms with van der Waals surface area (Å²) >= 11 is 0. The number of rotatable bonds is 5. The maximum absolute atomic E-state index is 13.3. The Hall–Kier alpha value is -2.77. The Morgan fingerprint density at radius 3 is 2.53 bits per heavy atom. The van der Waals surface area contributed by atoms with E-state index in [2.05, 4.69) is 9.68 Å². The van der Waals surface area contributed by atoms with Crippen LogP contribution in [0, 0.1) is 5.92 Å². The zero-order valence-electron chi connectivity index (χ0n) is 17.7. The highest BCUT2D eigenvalue weighted by Crippen LogP contribution is 2.60. The van der Waals surface area contributed by atoms with Crippen molar-refractivity contribution in [3.8, 4) is 5.75 Å². The number of carbonyl (C=O) groups excluding carboxylic acids is 1. The summed E-state index contributed by atoms with van der Waals surface area (Å²) in [6, 6.07) is 2.88. The quantitative estimate of drug-likeness (QED) is 0.566. The van der Waals surface area contributed by atoms with Crippen LogP contribution < -0.4 is 4.74 Å². The summed E-state index contributed by atoms with van der Waals surface area (Å²) in [5.74, 6) is -1.72. The van der Waals surface area contributed by atoms with Gasteiger partial charge in [0.2, 0.25) is 0 Å². The largest absolute Gasteiger partial charge is 0.480 e. The second-order valence-electron chi connectivity index (χ2n) is 8.55. The predicted octanol–water partition coefficient (Wildman–Crippen LogP) is 3.84. The molecule has 1 amide bonds. The van der Waals surface area contributed by atoms with Crippen LogP contribution in [0.15, 0.2) is 33.9 Å². The summed E-state index contributed by atoms with van der Waals surface area (Å²) in [5, 5.41) is 3.51. The second-order valence-corrected chi connectivity index (χ2v) is 10.6. The molecule has 1 saturated heterocycles. The van der Waals surface area contributed by atoms with Gasteiger partial charge in [-0.1, -0.05) is 5.16 Å². The molecule has 0 spiro atoms. The molecule has 2 fully saturated rings. The third-order valence-electron chi connectivity index (χ3n) is 6.15. The van der Waals surface area contributed by atoms with E-state index in [9.17, 15) is 39.6 Å². The number of likely N-dealkylation sites (tertiary alicyclic amines) is 1. The number of aromatic nitrogens is 1. The molecule has 186 valence electrons. The van der Waals surface area contributed by atoms with E-state index >= 15 is 0 Å². The van der Waals surface area contributed by atoms with Gasteiger partial charge in [-0.3, -0.25) is 4.79 Å². The zero-order chi connectivity index (χ0) is 25.3. The van der Waals surface area contributed by atoms with Gasteiger partial charge in [0, 0.05) is 24.8 Å². The second kappa shape index (κ2) is 7.62. The number of hydrogen-bond donors (Lipinski definition) is 0. The molecular formula is C20H18F6N2O5S. The van der Waals surface area contributed by atoms with E-state index < -0.39 is 56.5 Å². The first-order valence-corrected chi connectivity index (χ1v) is 11.8. The van der Waals surface area contributed by atoms with Crippen molar-refractivity contribution in [3.05, 3.63) is 41.3 Å². The highest BCUT2D eigenvalue weighted by Gasteiger charge is 2.65. The van der Waals surface area contributed by atoms with E-state index in [0.717, 1.165) is 36.3 Å². The number of hydrogen-bond acceptors (Lipinski definition) is 6. The van der Waals surface area contributed by atoms with Crippen LogP contribution in [0.25, 0.3) is 0 Å². The van der Waals surface area contributed by atoms with Crippen molar-refractivity contribution in [2.45, 2.75) is 42.1 Å². The fraction of sp³-hybridized carbons (Fsp3) is 0.500. The molecule has 4 rings (SSSR count). The smallest absolute Gasteiger partial charge is 0.425 e. The van der Waals surface area contributed by atoms with Crippen LogP contribution >= 0.6 is 0 Å². The number of piperidine rings is 1. The fourth-order valence-electron chi connectivity index (χ4n) is 4.24. The van der Waals surface area contributed by atoms with Gasteiger partial charge in [-0.05, 0) is 37.5 Å². The van der Waals surface area contributed by atoms with Crippen molar-refractivity contribution in [1.29, 1.82) is 0 Å². The van der Waals surface area contributed by atoms with E-state index in [-0.39, 0.29) is 29.6 Å². The average molecular weight is 512 g/mol. The SMILES string of the molecule is C[C@@H](Oc1ccc(S(C)(=O)=O)cc1C(=O)N1CC2C[C@]2(c2nocc2C(F)(F)F)C1)C(F)(F)F. The molecule has 0 bridgehead atoms. The predicted molar refractivity (Wildman–Crippen MR) is 103 cm³/mol. The van der Waals surface area contributed by atoms with Crippen molar-refractivity contribution in [2.75, 3.05) is 19.3 Å². The molecule has 1 aliphatic carbocycles. The molecule has 0 N–H and O–H groups in total. The lowest BCUT2D eigenvalue weighted by atomic mass is 9.97. The van der Waals surface area contributed by atoms with Gasteiger partial charge in [0.15, 0.2) is 15.9 Å². The summed E-state index contributed by atoms with van der Waals surface area (Å²) in [6.07, 6.45) is -10.1. The van der Waals surface area contributed by atoms with Crippen LogP contribution in [0.1, 0.15) is 35.0 Å². The molecule has 1 aromatic carbocycles. The number of benzene rings is 1. The van der Waals surface area contributed by atoms with E-state index in [1.807, 2.05) is 0 Å². The number of alkyl halides is 6. The standard InChI is InChI=1S/C20H18F6N2O5S/c1-10(19(21,22)23)33-15-4-3-12(34(2,30)31)5-13(15)17(29)28-7-11-6-18(11,9-28)16-14(8-32-27-16)20(24,25)26/h3-5,8,10-11H,6-7,9H2,1-2H3/t10-,11?,18+/m1/s1. The number of nitrogens with zero attached hydrogens (tertiary/aromatic N) is 2. The van der Waals surface area contributed by atoms with Gasteiger partial charge in [0.25, 0.3) is 5.91 Å². The third kappa shape index (κ3) is 4.23. The van der Waals surface area contributed by atoms with Crippen molar-refractivity contribution in [1.82, 2.24) is 10.1 Å². The third-order valence-corrected chi connectivity index (χ3v) is 7.26. The Morgan fingerprint density at radius 1 is 1.26 bits per heavy atom. The van der Waals surface area contributed by atoms with Gasteiger partial charge in [-0.25, -0.2) is 8.42 Å². The normalized spacial score (nSPS) is 23.5. The molecule has 3 atom stereocenters. The van der Waals surface area contributed by atoms with Crippen molar-refractivity contribution >= 4 is 15.7 Å². The number of carbonyl (C=O) groups is 1. The fourth-order valence-corrected chi connectivity index (χ4v) is 4.89. The Kier molecular flexibility index (Phi) is 5.46. The highest BCUT2D eigenvalue weighted by atomic mass is 32.2. The monoisotopic (exact) mass is 512 g/mol. The van der Waals surface area contributed by atoms with Crippen LogP contribution in [0.5, 0.6) is 5.75 Å². The van der Waals surface area contributed by atoms with Crippen LogP contribution in [-0.4, -0.2) is 56.0 Å². The first kappa shape index (κ1) is 24.4. The topological polar surface area (TPSA) is 89.7 Å². The lowest BCUT2D eigenvalue weighted by molar-refractivity contribution is -0.189. The molecule has 1 saturated carbocycles. The number of fused-ring (bicyclic) bond motifs is 1. The van der Waals surface area contributed by atoms with Crippen molar-refractivity contribution in [2.24, 2.45) is 5.92 Å². The zero-order valence-corrected chi connectivity index (χ0v) is 18.5. The maximum atomic E-state index is 13.3. The molecule has 7 nitrogen and oxygen atoms in total. The van der Waals surface area contributed by atoms with Gasteiger partial charge < -0.3 is 14.2 Å². The van der Waals surface area contributed by atoms with Gasteiger partial charge in [-0.2, -0.15) is 26.3 Å². The summed E-state index contributed by atoms with van der Waals surface area (Å²) in [6.45, 7) is 0.547. The molecule has 34 heavy (non-hydrogen) atoms. The van der Waals surface area contributed by atoms with Gasteiger partial charge in [0.1, 0.15) is 23.3 Å². The molecule has 2 aliphatic rings. The van der Waals surface area contributed by atoms with Gasteiger partial charge in [-0.15, -0.1) is 0 Å². The maximum Gasteiger partial charge on any atom is 0.425 e. The first-order valence-electron chi connectivity index (χ1n) is 9.93. The Balaban J connectivity index is 1.66. The summed E-state index contributed by atoms with van der Waals surface area (Å²) in [5.41, 5.74) is -2.91. The molecule has 1 aromatic heterocycles. The van der Waals surface area contributed by atoms with Crippen LogP contribution in [0.3, 0.4) is 0 Å². The minimum absolute atomic E-state index is 0.0142. The molecule has 14 heteroatoms. The van der Waals surface area contributed by atoms with E-state index in [1.165, 1.54) is 0 Å². The molecule has 2 aromatic rings. The van der Waals surface area contributed by atoms with E-state index in [4.69, 9.17) is 4.74 Å². The molecule has 0 radical (unpaired) electrons. The van der Waals surface area contributed by atoms with E-state index in [1.54, 1.807) is 0 Å². The molecule has 2 heterocycles. The molecular weight excluding hydrogens is 494 g/mol. The van der Waals surface area contributed by atoms with Crippen molar-refractivity contribution < 1.29 is 48.8 Å². The lowest BCUT2D eigenvalue weighted by Gasteiger charge is -2.24. The van der Waals surface area contributed by atoms with E-state index in [0.29, 0.717) is 12.7 Å². The minimum Gasteiger partial charge on any atom is -0.480 e.